The first-order valence-electron chi connectivity index (χ1n) is 7.76. The van der Waals surface area contributed by atoms with Crippen molar-refractivity contribution >= 4 is 23.1 Å². The van der Waals surface area contributed by atoms with E-state index in [4.69, 9.17) is 22.7 Å². The van der Waals surface area contributed by atoms with Crippen LogP contribution in [-0.4, -0.2) is 30.2 Å². The van der Waals surface area contributed by atoms with Gasteiger partial charge in [-0.15, -0.1) is 0 Å². The molecule has 0 aromatic carbocycles. The molecular formula is C15H28N2O2S. The van der Waals surface area contributed by atoms with E-state index in [1.54, 1.807) is 0 Å². The van der Waals surface area contributed by atoms with E-state index < -0.39 is 5.41 Å². The molecule has 20 heavy (non-hydrogen) atoms. The molecule has 0 saturated carbocycles. The first-order valence-corrected chi connectivity index (χ1v) is 8.17. The number of hydrogen-bond acceptors (Lipinski definition) is 3. The normalized spacial score (nSPS) is 19.0. The van der Waals surface area contributed by atoms with Crippen molar-refractivity contribution in [2.45, 2.75) is 64.9 Å². The summed E-state index contributed by atoms with van der Waals surface area (Å²) >= 11 is 5.19. The van der Waals surface area contributed by atoms with Crippen molar-refractivity contribution in [2.75, 3.05) is 13.2 Å². The molecule has 1 amide bonds. The third-order valence-electron chi connectivity index (χ3n) is 4.04. The lowest BCUT2D eigenvalue weighted by molar-refractivity contribution is -0.128. The van der Waals surface area contributed by atoms with Gasteiger partial charge >= 0.3 is 0 Å². The number of carbonyl (C=O) groups is 1. The fourth-order valence-corrected chi connectivity index (χ4v) is 3.25. The second-order valence-corrected chi connectivity index (χ2v) is 6.07. The number of amides is 1. The van der Waals surface area contributed by atoms with Gasteiger partial charge in [0, 0.05) is 13.2 Å². The van der Waals surface area contributed by atoms with Crippen LogP contribution in [0.25, 0.3) is 0 Å². The number of rotatable bonds is 9. The Morgan fingerprint density at radius 1 is 1.40 bits per heavy atom. The van der Waals surface area contributed by atoms with Crippen molar-refractivity contribution in [1.29, 1.82) is 0 Å². The Morgan fingerprint density at radius 2 is 2.05 bits per heavy atom. The summed E-state index contributed by atoms with van der Waals surface area (Å²) in [7, 11) is 0. The van der Waals surface area contributed by atoms with E-state index in [9.17, 15) is 4.79 Å². The molecule has 0 bridgehead atoms. The maximum atomic E-state index is 12.5. The molecule has 0 spiro atoms. The van der Waals surface area contributed by atoms with Gasteiger partial charge in [-0.2, -0.15) is 0 Å². The van der Waals surface area contributed by atoms with Crippen molar-refractivity contribution in [3.8, 4) is 0 Å². The molecule has 4 nitrogen and oxygen atoms in total. The zero-order valence-electron chi connectivity index (χ0n) is 12.7. The van der Waals surface area contributed by atoms with E-state index in [0.717, 1.165) is 51.6 Å². The van der Waals surface area contributed by atoms with Crippen molar-refractivity contribution in [3.63, 3.8) is 0 Å². The summed E-state index contributed by atoms with van der Waals surface area (Å²) in [4.78, 5) is 12.9. The Labute approximate surface area is 127 Å². The molecule has 5 heteroatoms. The maximum Gasteiger partial charge on any atom is 0.233 e. The summed E-state index contributed by atoms with van der Waals surface area (Å²) in [6.07, 6.45) is 6.64. The zero-order valence-corrected chi connectivity index (χ0v) is 13.6. The number of thiocarbonyl (C=S) groups is 1. The van der Waals surface area contributed by atoms with E-state index in [-0.39, 0.29) is 5.91 Å². The molecule has 3 N–H and O–H groups in total. The number of carbonyl (C=O) groups excluding carboxylic acids is 1. The standard InChI is InChI=1S/C15H28N2O2S/c1-3-8-15(9-4-2,13(16)20)14(18)17-10-7-12-6-5-11-19-12/h12H,3-11H2,1-2H3,(H2,16,20)(H,17,18). The topological polar surface area (TPSA) is 64.3 Å². The molecule has 0 aliphatic carbocycles. The van der Waals surface area contributed by atoms with E-state index in [1.165, 1.54) is 0 Å². The summed E-state index contributed by atoms with van der Waals surface area (Å²) in [6, 6.07) is 0. The third-order valence-corrected chi connectivity index (χ3v) is 4.43. The molecule has 1 unspecified atom stereocenters. The number of hydrogen-bond donors (Lipinski definition) is 2. The highest BCUT2D eigenvalue weighted by Gasteiger charge is 2.39. The molecule has 0 radical (unpaired) electrons. The molecular weight excluding hydrogens is 272 g/mol. The smallest absolute Gasteiger partial charge is 0.233 e. The SMILES string of the molecule is CCCC(CCC)(C(=O)NCCC1CCCO1)C(N)=S. The van der Waals surface area contributed by atoms with Gasteiger partial charge in [0.15, 0.2) is 0 Å². The molecule has 1 rings (SSSR count). The summed E-state index contributed by atoms with van der Waals surface area (Å²) in [5, 5.41) is 3.02. The minimum absolute atomic E-state index is 0.00769. The van der Waals surface area contributed by atoms with E-state index in [1.807, 2.05) is 0 Å². The van der Waals surface area contributed by atoms with Gasteiger partial charge < -0.3 is 15.8 Å². The van der Waals surface area contributed by atoms with Crippen LogP contribution in [0.1, 0.15) is 58.8 Å². The molecule has 1 fully saturated rings. The zero-order chi connectivity index (χ0) is 15.0. The van der Waals surface area contributed by atoms with Gasteiger partial charge in [0.05, 0.1) is 16.5 Å². The van der Waals surface area contributed by atoms with Crippen LogP contribution in [0.5, 0.6) is 0 Å². The van der Waals surface area contributed by atoms with Crippen molar-refractivity contribution in [1.82, 2.24) is 5.32 Å². The van der Waals surface area contributed by atoms with Gasteiger partial charge in [-0.25, -0.2) is 0 Å². The quantitative estimate of drug-likeness (QED) is 0.642. The lowest BCUT2D eigenvalue weighted by Crippen LogP contribution is -2.49. The Bertz CT molecular complexity index is 322. The largest absolute Gasteiger partial charge is 0.392 e. The van der Waals surface area contributed by atoms with Gasteiger partial charge in [-0.1, -0.05) is 38.9 Å². The van der Waals surface area contributed by atoms with Crippen molar-refractivity contribution in [2.24, 2.45) is 11.1 Å². The summed E-state index contributed by atoms with van der Waals surface area (Å²) in [6.45, 7) is 5.60. The van der Waals surface area contributed by atoms with Gasteiger partial charge in [-0.05, 0) is 32.1 Å². The van der Waals surface area contributed by atoms with Crippen LogP contribution in [0.3, 0.4) is 0 Å². The van der Waals surface area contributed by atoms with Crippen LogP contribution in [0, 0.1) is 5.41 Å². The van der Waals surface area contributed by atoms with Crippen LogP contribution in [0.15, 0.2) is 0 Å². The number of nitrogens with one attached hydrogen (secondary N) is 1. The minimum Gasteiger partial charge on any atom is -0.392 e. The fraction of sp³-hybridized carbons (Fsp3) is 0.867. The fourth-order valence-electron chi connectivity index (χ4n) is 2.95. The van der Waals surface area contributed by atoms with Crippen LogP contribution >= 0.6 is 12.2 Å². The van der Waals surface area contributed by atoms with Gasteiger partial charge in [0.1, 0.15) is 0 Å². The predicted molar refractivity (Wildman–Crippen MR) is 85.6 cm³/mol. The summed E-state index contributed by atoms with van der Waals surface area (Å²) in [5.41, 5.74) is 5.21. The lowest BCUT2D eigenvalue weighted by atomic mass is 9.78. The molecule has 116 valence electrons. The average molecular weight is 300 g/mol. The summed E-state index contributed by atoms with van der Waals surface area (Å²) in [5.74, 6) is -0.00769. The monoisotopic (exact) mass is 300 g/mol. The van der Waals surface area contributed by atoms with E-state index in [0.29, 0.717) is 17.6 Å². The van der Waals surface area contributed by atoms with Crippen molar-refractivity contribution < 1.29 is 9.53 Å². The third kappa shape index (κ3) is 4.42. The molecule has 0 aromatic rings. The Morgan fingerprint density at radius 3 is 2.50 bits per heavy atom. The minimum atomic E-state index is -0.671. The Balaban J connectivity index is 2.55. The first-order chi connectivity index (χ1) is 9.56. The van der Waals surface area contributed by atoms with Crippen LogP contribution < -0.4 is 11.1 Å². The maximum absolute atomic E-state index is 12.5. The highest BCUT2D eigenvalue weighted by atomic mass is 32.1. The second kappa shape index (κ2) is 8.57. The van der Waals surface area contributed by atoms with Crippen LogP contribution in [0.2, 0.25) is 0 Å². The predicted octanol–water partition coefficient (Wildman–Crippen LogP) is 2.54. The van der Waals surface area contributed by atoms with Crippen LogP contribution in [-0.2, 0) is 9.53 Å². The van der Waals surface area contributed by atoms with Gasteiger partial charge in [0.2, 0.25) is 5.91 Å². The van der Waals surface area contributed by atoms with E-state index >= 15 is 0 Å². The first kappa shape index (κ1) is 17.4. The Hall–Kier alpha value is -0.680. The number of ether oxygens (including phenoxy) is 1. The van der Waals surface area contributed by atoms with Crippen LogP contribution in [0.4, 0.5) is 0 Å². The lowest BCUT2D eigenvalue weighted by Gasteiger charge is -2.31. The van der Waals surface area contributed by atoms with Gasteiger partial charge in [0.25, 0.3) is 0 Å². The summed E-state index contributed by atoms with van der Waals surface area (Å²) < 4.78 is 5.56. The number of nitrogens with two attached hydrogens (primary N) is 1. The molecule has 1 aliphatic heterocycles. The van der Waals surface area contributed by atoms with E-state index in [2.05, 4.69) is 19.2 Å². The second-order valence-electron chi connectivity index (χ2n) is 5.63. The van der Waals surface area contributed by atoms with Gasteiger partial charge in [-0.3, -0.25) is 4.79 Å². The average Bonchev–Trinajstić information content (AvgIpc) is 2.91. The molecule has 1 aliphatic rings. The highest BCUT2D eigenvalue weighted by Crippen LogP contribution is 2.31. The molecule has 1 saturated heterocycles. The Kier molecular flexibility index (Phi) is 7.45. The van der Waals surface area contributed by atoms with Crippen molar-refractivity contribution in [3.05, 3.63) is 0 Å². The molecule has 1 atom stereocenters. The molecule has 0 aromatic heterocycles. The highest BCUT2D eigenvalue weighted by molar-refractivity contribution is 7.80. The molecule has 1 heterocycles.